The standard InChI is InChI=1S/C17H23N5O4S/c1-3-22(10-15(23)24)12-7-11(8-12)18-17(25)21(2)9-14-19-16(20-26-14)13-5-4-6-27-13/h4-6,11-12H,3,7-10H2,1-2H3,(H,18,25)(H,23,24). The molecule has 0 saturated heterocycles. The van der Waals surface area contributed by atoms with Gasteiger partial charge < -0.3 is 19.8 Å². The van der Waals surface area contributed by atoms with E-state index in [9.17, 15) is 9.59 Å². The zero-order valence-corrected chi connectivity index (χ0v) is 16.1. The Bertz CT molecular complexity index is 772. The third-order valence-corrected chi connectivity index (χ3v) is 5.50. The van der Waals surface area contributed by atoms with Gasteiger partial charge in [-0.2, -0.15) is 4.98 Å². The number of nitrogens with zero attached hydrogens (tertiary/aromatic N) is 4. The Morgan fingerprint density at radius 3 is 2.85 bits per heavy atom. The molecule has 10 heteroatoms. The second-order valence-electron chi connectivity index (χ2n) is 6.57. The van der Waals surface area contributed by atoms with E-state index in [-0.39, 0.29) is 31.2 Å². The van der Waals surface area contributed by atoms with Crippen LogP contribution in [0, 0.1) is 0 Å². The summed E-state index contributed by atoms with van der Waals surface area (Å²) in [7, 11) is 1.67. The Hall–Kier alpha value is -2.46. The van der Waals surface area contributed by atoms with E-state index in [1.165, 1.54) is 16.2 Å². The van der Waals surface area contributed by atoms with Gasteiger partial charge in [0.15, 0.2) is 0 Å². The molecule has 0 radical (unpaired) electrons. The summed E-state index contributed by atoms with van der Waals surface area (Å²) in [4.78, 5) is 31.8. The lowest BCUT2D eigenvalue weighted by Gasteiger charge is -2.42. The minimum Gasteiger partial charge on any atom is -0.480 e. The maximum Gasteiger partial charge on any atom is 0.317 e. The van der Waals surface area contributed by atoms with Crippen LogP contribution in [0.15, 0.2) is 22.0 Å². The van der Waals surface area contributed by atoms with E-state index < -0.39 is 5.97 Å². The molecule has 0 bridgehead atoms. The molecule has 1 aliphatic carbocycles. The van der Waals surface area contributed by atoms with Gasteiger partial charge in [0.1, 0.15) is 6.54 Å². The Balaban J connectivity index is 1.44. The fourth-order valence-electron chi connectivity index (χ4n) is 3.06. The lowest BCUT2D eigenvalue weighted by Crippen LogP contribution is -2.56. The zero-order chi connectivity index (χ0) is 19.4. The average Bonchev–Trinajstić information content (AvgIpc) is 3.26. The molecule has 0 atom stereocenters. The van der Waals surface area contributed by atoms with Crippen LogP contribution in [0.25, 0.3) is 10.7 Å². The molecule has 0 aromatic carbocycles. The van der Waals surface area contributed by atoms with E-state index in [4.69, 9.17) is 9.63 Å². The van der Waals surface area contributed by atoms with Crippen LogP contribution in [0.5, 0.6) is 0 Å². The summed E-state index contributed by atoms with van der Waals surface area (Å²) in [5, 5.41) is 17.8. The Kier molecular flexibility index (Phi) is 6.07. The molecule has 1 saturated carbocycles. The molecule has 0 aliphatic heterocycles. The van der Waals surface area contributed by atoms with Crippen molar-refractivity contribution < 1.29 is 19.2 Å². The number of likely N-dealkylation sites (N-methyl/N-ethyl adjacent to an activating group) is 1. The van der Waals surface area contributed by atoms with E-state index in [1.807, 2.05) is 29.3 Å². The Labute approximate surface area is 161 Å². The molecule has 2 amide bonds. The first-order valence-electron chi connectivity index (χ1n) is 8.80. The van der Waals surface area contributed by atoms with Crippen LogP contribution in [0.3, 0.4) is 0 Å². The van der Waals surface area contributed by atoms with Crippen molar-refractivity contribution >= 4 is 23.3 Å². The molecule has 2 aromatic heterocycles. The third-order valence-electron chi connectivity index (χ3n) is 4.63. The normalized spacial score (nSPS) is 18.9. The number of thiophene rings is 1. The molecule has 1 aliphatic rings. The summed E-state index contributed by atoms with van der Waals surface area (Å²) in [5.41, 5.74) is 0. The third kappa shape index (κ3) is 4.83. The van der Waals surface area contributed by atoms with Crippen LogP contribution in [0.4, 0.5) is 4.79 Å². The minimum atomic E-state index is -0.828. The number of hydrogen-bond donors (Lipinski definition) is 2. The van der Waals surface area contributed by atoms with Crippen molar-refractivity contribution in [2.24, 2.45) is 0 Å². The summed E-state index contributed by atoms with van der Waals surface area (Å²) in [5.74, 6) is 0.0698. The molecule has 27 heavy (non-hydrogen) atoms. The first-order chi connectivity index (χ1) is 13.0. The summed E-state index contributed by atoms with van der Waals surface area (Å²) in [6.45, 7) is 2.88. The van der Waals surface area contributed by atoms with E-state index in [2.05, 4.69) is 15.5 Å². The topological polar surface area (TPSA) is 112 Å². The summed E-state index contributed by atoms with van der Waals surface area (Å²) < 4.78 is 5.22. The van der Waals surface area contributed by atoms with Crippen LogP contribution in [0.2, 0.25) is 0 Å². The molecule has 3 rings (SSSR count). The second kappa shape index (κ2) is 8.49. The quantitative estimate of drug-likeness (QED) is 0.704. The van der Waals surface area contributed by atoms with Crippen LogP contribution in [0.1, 0.15) is 25.7 Å². The van der Waals surface area contributed by atoms with Crippen molar-refractivity contribution in [1.82, 2.24) is 25.3 Å². The first-order valence-corrected chi connectivity index (χ1v) is 9.68. The smallest absolute Gasteiger partial charge is 0.317 e. The minimum absolute atomic E-state index is 0.0332. The fraction of sp³-hybridized carbons (Fsp3) is 0.529. The molecule has 0 spiro atoms. The van der Waals surface area contributed by atoms with Crippen molar-refractivity contribution in [2.75, 3.05) is 20.1 Å². The van der Waals surface area contributed by atoms with E-state index >= 15 is 0 Å². The van der Waals surface area contributed by atoms with E-state index in [1.54, 1.807) is 7.05 Å². The summed E-state index contributed by atoms with van der Waals surface area (Å²) >= 11 is 1.52. The lowest BCUT2D eigenvalue weighted by molar-refractivity contribution is -0.139. The summed E-state index contributed by atoms with van der Waals surface area (Å²) in [6.07, 6.45) is 1.51. The zero-order valence-electron chi connectivity index (χ0n) is 15.3. The molecular formula is C17H23N5O4S. The number of amides is 2. The van der Waals surface area contributed by atoms with Gasteiger partial charge in [-0.15, -0.1) is 11.3 Å². The number of carbonyl (C=O) groups is 2. The Morgan fingerprint density at radius 2 is 2.22 bits per heavy atom. The molecule has 2 N–H and O–H groups in total. The second-order valence-corrected chi connectivity index (χ2v) is 7.52. The molecule has 1 fully saturated rings. The number of carboxylic acid groups (broad SMARTS) is 1. The highest BCUT2D eigenvalue weighted by molar-refractivity contribution is 7.13. The number of hydrogen-bond acceptors (Lipinski definition) is 7. The van der Waals surface area contributed by atoms with E-state index in [0.29, 0.717) is 18.3 Å². The SMILES string of the molecule is CCN(CC(=O)O)C1CC(NC(=O)N(C)Cc2nc(-c3cccs3)no2)C1. The van der Waals surface area contributed by atoms with E-state index in [0.717, 1.165) is 17.7 Å². The van der Waals surface area contributed by atoms with Crippen LogP contribution in [-0.2, 0) is 11.3 Å². The fourth-order valence-corrected chi connectivity index (χ4v) is 3.71. The van der Waals surface area contributed by atoms with Crippen LogP contribution >= 0.6 is 11.3 Å². The highest BCUT2D eigenvalue weighted by atomic mass is 32.1. The van der Waals surface area contributed by atoms with Crippen molar-refractivity contribution in [1.29, 1.82) is 0 Å². The monoisotopic (exact) mass is 393 g/mol. The van der Waals surface area contributed by atoms with Crippen molar-refractivity contribution in [3.63, 3.8) is 0 Å². The number of nitrogens with one attached hydrogen (secondary N) is 1. The molecule has 2 heterocycles. The molecule has 2 aromatic rings. The molecule has 9 nitrogen and oxygen atoms in total. The number of carboxylic acids is 1. The van der Waals surface area contributed by atoms with Gasteiger partial charge in [-0.1, -0.05) is 18.1 Å². The van der Waals surface area contributed by atoms with Gasteiger partial charge in [-0.05, 0) is 30.8 Å². The van der Waals surface area contributed by atoms with Crippen molar-refractivity contribution in [3.05, 3.63) is 23.4 Å². The highest BCUT2D eigenvalue weighted by Crippen LogP contribution is 2.26. The van der Waals surface area contributed by atoms with Gasteiger partial charge in [0.05, 0.1) is 11.4 Å². The van der Waals surface area contributed by atoms with Gasteiger partial charge in [-0.3, -0.25) is 9.69 Å². The predicted molar refractivity (Wildman–Crippen MR) is 99.3 cm³/mol. The van der Waals surface area contributed by atoms with Gasteiger partial charge in [-0.25, -0.2) is 4.79 Å². The van der Waals surface area contributed by atoms with Crippen molar-refractivity contribution in [2.45, 2.75) is 38.4 Å². The van der Waals surface area contributed by atoms with Gasteiger partial charge in [0, 0.05) is 19.1 Å². The number of urea groups is 1. The van der Waals surface area contributed by atoms with Crippen LogP contribution < -0.4 is 5.32 Å². The number of aliphatic carboxylic acids is 1. The Morgan fingerprint density at radius 1 is 1.44 bits per heavy atom. The van der Waals surface area contributed by atoms with Gasteiger partial charge in [0.25, 0.3) is 0 Å². The number of aromatic nitrogens is 2. The van der Waals surface area contributed by atoms with Gasteiger partial charge in [0.2, 0.25) is 11.7 Å². The molecular weight excluding hydrogens is 370 g/mol. The maximum atomic E-state index is 12.3. The first kappa shape index (κ1) is 19.3. The highest BCUT2D eigenvalue weighted by Gasteiger charge is 2.35. The summed E-state index contributed by atoms with van der Waals surface area (Å²) in [6, 6.07) is 3.86. The molecule has 146 valence electrons. The molecule has 0 unspecified atom stereocenters. The van der Waals surface area contributed by atoms with Crippen molar-refractivity contribution in [3.8, 4) is 10.7 Å². The lowest BCUT2D eigenvalue weighted by atomic mass is 9.85. The average molecular weight is 393 g/mol. The maximum absolute atomic E-state index is 12.3. The predicted octanol–water partition coefficient (Wildman–Crippen LogP) is 1.88. The largest absolute Gasteiger partial charge is 0.480 e. The number of carbonyl (C=O) groups excluding carboxylic acids is 1. The number of rotatable bonds is 8. The van der Waals surface area contributed by atoms with Crippen LogP contribution in [-0.4, -0.2) is 69.3 Å². The van der Waals surface area contributed by atoms with Gasteiger partial charge >= 0.3 is 12.0 Å².